The molecule has 0 unspecified atom stereocenters. The van der Waals surface area contributed by atoms with Gasteiger partial charge in [-0.1, -0.05) is 33.3 Å². The zero-order valence-corrected chi connectivity index (χ0v) is 12.0. The monoisotopic (exact) mass is 308 g/mol. The average molecular weight is 309 g/mol. The molecule has 0 radical (unpaired) electrons. The fourth-order valence-electron chi connectivity index (χ4n) is 1.77. The summed E-state index contributed by atoms with van der Waals surface area (Å²) in [4.78, 5) is 0. The lowest BCUT2D eigenvalue weighted by molar-refractivity contribution is 0.530. The topological polar surface area (TPSA) is 42.7 Å². The lowest BCUT2D eigenvalue weighted by Crippen LogP contribution is -2.16. The molecule has 0 saturated carbocycles. The first-order valence-corrected chi connectivity index (χ1v) is 6.85. The number of hydrogen-bond acceptors (Lipinski definition) is 3. The number of benzene rings is 1. The van der Waals surface area contributed by atoms with Crippen LogP contribution in [0.1, 0.15) is 17.5 Å². The quantitative estimate of drug-likeness (QED) is 0.834. The summed E-state index contributed by atoms with van der Waals surface area (Å²) in [5.41, 5.74) is 2.59. The van der Waals surface area contributed by atoms with E-state index in [0.717, 1.165) is 30.5 Å². The van der Waals surface area contributed by atoms with Crippen molar-refractivity contribution < 1.29 is 0 Å². The summed E-state index contributed by atoms with van der Waals surface area (Å²) in [6, 6.07) is 6.44. The predicted octanol–water partition coefficient (Wildman–Crippen LogP) is 2.53. The predicted molar refractivity (Wildman–Crippen MR) is 75.2 cm³/mol. The van der Waals surface area contributed by atoms with Crippen molar-refractivity contribution in [3.8, 4) is 0 Å². The third-order valence-corrected chi connectivity index (χ3v) is 3.65. The van der Waals surface area contributed by atoms with Crippen molar-refractivity contribution in [2.24, 2.45) is 0 Å². The second-order valence-corrected chi connectivity index (χ2v) is 5.13. The van der Waals surface area contributed by atoms with E-state index in [2.05, 4.69) is 56.7 Å². The highest BCUT2D eigenvalue weighted by atomic mass is 79.9. The molecule has 1 heterocycles. The zero-order valence-electron chi connectivity index (χ0n) is 10.4. The molecule has 2 aromatic rings. The molecule has 18 heavy (non-hydrogen) atoms. The van der Waals surface area contributed by atoms with Gasteiger partial charge in [-0.25, -0.2) is 0 Å². The molecule has 0 fully saturated rings. The Bertz CT molecular complexity index is 482. The van der Waals surface area contributed by atoms with Gasteiger partial charge in [-0.3, -0.25) is 4.68 Å². The van der Waals surface area contributed by atoms with Crippen LogP contribution in [0.2, 0.25) is 0 Å². The largest absolute Gasteiger partial charge is 0.313 e. The van der Waals surface area contributed by atoms with E-state index in [1.807, 2.05) is 10.9 Å². The number of nitrogens with zero attached hydrogens (tertiary/aromatic N) is 3. The molecule has 96 valence electrons. The van der Waals surface area contributed by atoms with Crippen molar-refractivity contribution in [3.63, 3.8) is 0 Å². The maximum atomic E-state index is 3.93. The van der Waals surface area contributed by atoms with Crippen molar-refractivity contribution >= 4 is 15.9 Å². The molecule has 0 saturated heterocycles. The Morgan fingerprint density at radius 1 is 1.39 bits per heavy atom. The van der Waals surface area contributed by atoms with Crippen LogP contribution >= 0.6 is 15.9 Å². The molecular formula is C13H17BrN4. The molecule has 0 aliphatic heterocycles. The van der Waals surface area contributed by atoms with E-state index in [-0.39, 0.29) is 0 Å². The molecule has 2 rings (SSSR count). The van der Waals surface area contributed by atoms with Gasteiger partial charge in [0.1, 0.15) is 0 Å². The third-order valence-electron chi connectivity index (χ3n) is 2.76. The van der Waals surface area contributed by atoms with E-state index >= 15 is 0 Å². The maximum Gasteiger partial charge on any atom is 0.0692 e. The van der Waals surface area contributed by atoms with Crippen LogP contribution in [0.5, 0.6) is 0 Å². The number of halogens is 1. The van der Waals surface area contributed by atoms with E-state index in [1.54, 1.807) is 6.20 Å². The van der Waals surface area contributed by atoms with Crippen molar-refractivity contribution in [1.29, 1.82) is 0 Å². The van der Waals surface area contributed by atoms with Crippen LogP contribution in [0.25, 0.3) is 0 Å². The van der Waals surface area contributed by atoms with Gasteiger partial charge in [0.25, 0.3) is 0 Å². The van der Waals surface area contributed by atoms with Gasteiger partial charge in [0.15, 0.2) is 0 Å². The van der Waals surface area contributed by atoms with Crippen LogP contribution in [0.4, 0.5) is 0 Å². The first-order chi connectivity index (χ1) is 8.75. The number of hydrogen-bond donors (Lipinski definition) is 1. The summed E-state index contributed by atoms with van der Waals surface area (Å²) in [7, 11) is 0. The Kier molecular flexibility index (Phi) is 4.90. The summed E-state index contributed by atoms with van der Waals surface area (Å²) in [6.45, 7) is 4.91. The summed E-state index contributed by atoms with van der Waals surface area (Å²) < 4.78 is 3.02. The Labute approximate surface area is 116 Å². The van der Waals surface area contributed by atoms with Crippen molar-refractivity contribution in [2.75, 3.05) is 6.54 Å². The minimum absolute atomic E-state index is 0.908. The Morgan fingerprint density at radius 2 is 2.28 bits per heavy atom. The highest BCUT2D eigenvalue weighted by Gasteiger charge is 1.97. The minimum Gasteiger partial charge on any atom is -0.313 e. The van der Waals surface area contributed by atoms with E-state index in [4.69, 9.17) is 0 Å². The Morgan fingerprint density at radius 3 is 3.00 bits per heavy atom. The lowest BCUT2D eigenvalue weighted by atomic mass is 10.1. The minimum atomic E-state index is 0.908. The third kappa shape index (κ3) is 3.92. The molecule has 1 N–H and O–H groups in total. The highest BCUT2D eigenvalue weighted by molar-refractivity contribution is 9.10. The van der Waals surface area contributed by atoms with E-state index in [1.165, 1.54) is 11.1 Å². The maximum absolute atomic E-state index is 3.93. The standard InChI is InChI=1S/C13H17BrN4/c1-11-9-12(3-4-13(11)14)10-15-5-2-7-18-8-6-16-17-18/h3-4,6,8-9,15H,2,5,7,10H2,1H3. The molecule has 1 aromatic carbocycles. The van der Waals surface area contributed by atoms with Gasteiger partial charge in [0.2, 0.25) is 0 Å². The van der Waals surface area contributed by atoms with Crippen molar-refractivity contribution in [3.05, 3.63) is 46.2 Å². The van der Waals surface area contributed by atoms with Gasteiger partial charge in [-0.05, 0) is 37.1 Å². The Balaban J connectivity index is 1.67. The molecule has 0 aliphatic rings. The van der Waals surface area contributed by atoms with Gasteiger partial charge in [0, 0.05) is 23.8 Å². The van der Waals surface area contributed by atoms with Crippen LogP contribution in [0, 0.1) is 6.92 Å². The first kappa shape index (κ1) is 13.2. The highest BCUT2D eigenvalue weighted by Crippen LogP contribution is 2.16. The molecule has 5 heteroatoms. The molecular weight excluding hydrogens is 292 g/mol. The second-order valence-electron chi connectivity index (χ2n) is 4.28. The first-order valence-electron chi connectivity index (χ1n) is 6.05. The van der Waals surface area contributed by atoms with Gasteiger partial charge in [-0.15, -0.1) is 5.10 Å². The van der Waals surface area contributed by atoms with Gasteiger partial charge in [0.05, 0.1) is 6.20 Å². The summed E-state index contributed by atoms with van der Waals surface area (Å²) >= 11 is 3.51. The number of aryl methyl sites for hydroxylation is 2. The van der Waals surface area contributed by atoms with Crippen LogP contribution < -0.4 is 5.32 Å². The lowest BCUT2D eigenvalue weighted by Gasteiger charge is -2.06. The molecule has 1 aromatic heterocycles. The van der Waals surface area contributed by atoms with Crippen molar-refractivity contribution in [1.82, 2.24) is 20.3 Å². The van der Waals surface area contributed by atoms with Gasteiger partial charge in [-0.2, -0.15) is 0 Å². The average Bonchev–Trinajstić information content (AvgIpc) is 2.86. The number of rotatable bonds is 6. The van der Waals surface area contributed by atoms with Crippen LogP contribution in [0.15, 0.2) is 35.1 Å². The number of aromatic nitrogens is 3. The second kappa shape index (κ2) is 6.66. The van der Waals surface area contributed by atoms with E-state index < -0.39 is 0 Å². The molecule has 4 nitrogen and oxygen atoms in total. The van der Waals surface area contributed by atoms with Crippen LogP contribution in [0.3, 0.4) is 0 Å². The molecule has 0 atom stereocenters. The molecule has 0 spiro atoms. The molecule has 0 bridgehead atoms. The fourth-order valence-corrected chi connectivity index (χ4v) is 2.01. The zero-order chi connectivity index (χ0) is 12.8. The summed E-state index contributed by atoms with van der Waals surface area (Å²) in [5, 5.41) is 11.1. The van der Waals surface area contributed by atoms with E-state index in [0.29, 0.717) is 0 Å². The van der Waals surface area contributed by atoms with Gasteiger partial charge >= 0.3 is 0 Å². The fraction of sp³-hybridized carbons (Fsp3) is 0.385. The SMILES string of the molecule is Cc1cc(CNCCCn2ccnn2)ccc1Br. The molecule has 0 aliphatic carbocycles. The number of nitrogens with one attached hydrogen (secondary N) is 1. The van der Waals surface area contributed by atoms with Gasteiger partial charge < -0.3 is 5.32 Å². The van der Waals surface area contributed by atoms with Crippen LogP contribution in [-0.2, 0) is 13.1 Å². The van der Waals surface area contributed by atoms with Crippen LogP contribution in [-0.4, -0.2) is 21.5 Å². The van der Waals surface area contributed by atoms with Crippen molar-refractivity contribution in [2.45, 2.75) is 26.4 Å². The smallest absolute Gasteiger partial charge is 0.0692 e. The van der Waals surface area contributed by atoms with E-state index in [9.17, 15) is 0 Å². The Hall–Kier alpha value is -1.20. The summed E-state index contributed by atoms with van der Waals surface area (Å²) in [6.07, 6.45) is 4.65. The normalized spacial score (nSPS) is 10.8. The molecule has 0 amide bonds. The summed E-state index contributed by atoms with van der Waals surface area (Å²) in [5.74, 6) is 0.